The number of thioether (sulfide) groups is 1. The molecule has 0 aliphatic heterocycles. The molecule has 0 unspecified atom stereocenters. The monoisotopic (exact) mass is 413 g/mol. The van der Waals surface area contributed by atoms with Gasteiger partial charge in [0.2, 0.25) is 5.91 Å². The van der Waals surface area contributed by atoms with Gasteiger partial charge in [0.15, 0.2) is 5.16 Å². The van der Waals surface area contributed by atoms with E-state index < -0.39 is 4.92 Å². The van der Waals surface area contributed by atoms with Gasteiger partial charge in [-0.1, -0.05) is 25.6 Å². The number of anilines is 1. The fourth-order valence-electron chi connectivity index (χ4n) is 1.99. The summed E-state index contributed by atoms with van der Waals surface area (Å²) in [7, 11) is 1.86. The van der Waals surface area contributed by atoms with Crippen LogP contribution in [-0.4, -0.2) is 31.3 Å². The molecule has 2 rings (SSSR count). The van der Waals surface area contributed by atoms with Crippen molar-refractivity contribution in [2.75, 3.05) is 11.1 Å². The highest BCUT2D eigenvalue weighted by Crippen LogP contribution is 2.27. The highest BCUT2D eigenvalue weighted by Gasteiger charge is 2.15. The zero-order valence-electron chi connectivity index (χ0n) is 13.3. The molecule has 0 bridgehead atoms. The number of aromatic nitrogens is 3. The topological polar surface area (TPSA) is 103 Å². The van der Waals surface area contributed by atoms with Crippen molar-refractivity contribution in [2.24, 2.45) is 7.05 Å². The molecule has 1 amide bonds. The SMILES string of the molecule is CC(C)c1nnc(SCC(=O)Nc2ccc([N+](=O)[O-])cc2Br)n1C. The summed E-state index contributed by atoms with van der Waals surface area (Å²) in [5, 5.41) is 22.3. The van der Waals surface area contributed by atoms with E-state index >= 15 is 0 Å². The van der Waals surface area contributed by atoms with E-state index in [1.165, 1.54) is 30.0 Å². The smallest absolute Gasteiger partial charge is 0.270 e. The molecule has 0 atom stereocenters. The van der Waals surface area contributed by atoms with Gasteiger partial charge in [-0.25, -0.2) is 0 Å². The Balaban J connectivity index is 1.98. The summed E-state index contributed by atoms with van der Waals surface area (Å²) in [4.78, 5) is 22.3. The third kappa shape index (κ3) is 4.32. The molecular formula is C14H16BrN5O3S. The molecule has 1 aromatic heterocycles. The maximum Gasteiger partial charge on any atom is 0.270 e. The van der Waals surface area contributed by atoms with E-state index in [1.807, 2.05) is 25.5 Å². The average Bonchev–Trinajstić information content (AvgIpc) is 2.88. The Morgan fingerprint density at radius 2 is 2.17 bits per heavy atom. The number of nitrogens with one attached hydrogen (secondary N) is 1. The van der Waals surface area contributed by atoms with Gasteiger partial charge in [-0.15, -0.1) is 10.2 Å². The number of nitrogens with zero attached hydrogens (tertiary/aromatic N) is 4. The second-order valence-electron chi connectivity index (χ2n) is 5.31. The number of benzene rings is 1. The van der Waals surface area contributed by atoms with Gasteiger partial charge < -0.3 is 9.88 Å². The summed E-state index contributed by atoms with van der Waals surface area (Å²) >= 11 is 4.50. The van der Waals surface area contributed by atoms with Gasteiger partial charge in [0, 0.05) is 29.6 Å². The van der Waals surface area contributed by atoms with Crippen LogP contribution in [0.4, 0.5) is 11.4 Å². The van der Waals surface area contributed by atoms with Gasteiger partial charge in [0.05, 0.1) is 16.4 Å². The molecule has 128 valence electrons. The van der Waals surface area contributed by atoms with Gasteiger partial charge in [-0.2, -0.15) is 0 Å². The number of rotatable bonds is 6. The number of hydrogen-bond donors (Lipinski definition) is 1. The molecule has 1 heterocycles. The number of carbonyl (C=O) groups excluding carboxylic acids is 1. The van der Waals surface area contributed by atoms with Crippen LogP contribution in [0.2, 0.25) is 0 Å². The van der Waals surface area contributed by atoms with Crippen LogP contribution in [0, 0.1) is 10.1 Å². The van der Waals surface area contributed by atoms with Gasteiger partial charge >= 0.3 is 0 Å². The quantitative estimate of drug-likeness (QED) is 0.442. The minimum Gasteiger partial charge on any atom is -0.324 e. The maximum absolute atomic E-state index is 12.1. The molecular weight excluding hydrogens is 398 g/mol. The standard InChI is InChI=1S/C14H16BrN5O3S/c1-8(2)13-17-18-14(19(13)3)24-7-12(21)16-11-5-4-9(20(22)23)6-10(11)15/h4-6,8H,7H2,1-3H3,(H,16,21). The molecule has 1 aromatic carbocycles. The van der Waals surface area contributed by atoms with E-state index in [2.05, 4.69) is 31.4 Å². The first-order chi connectivity index (χ1) is 11.3. The average molecular weight is 414 g/mol. The molecule has 0 saturated carbocycles. The van der Waals surface area contributed by atoms with Crippen LogP contribution < -0.4 is 5.32 Å². The minimum absolute atomic E-state index is 0.0467. The lowest BCUT2D eigenvalue weighted by molar-refractivity contribution is -0.384. The zero-order chi connectivity index (χ0) is 17.9. The number of nitro benzene ring substituents is 1. The number of nitro groups is 1. The number of halogens is 1. The first kappa shape index (κ1) is 18.4. The summed E-state index contributed by atoms with van der Waals surface area (Å²) in [5.74, 6) is 1.04. The Labute approximate surface area is 151 Å². The van der Waals surface area contributed by atoms with Crippen molar-refractivity contribution >= 4 is 45.0 Å². The van der Waals surface area contributed by atoms with Gasteiger partial charge in [-0.05, 0) is 22.0 Å². The van der Waals surface area contributed by atoms with Crippen molar-refractivity contribution in [1.82, 2.24) is 14.8 Å². The summed E-state index contributed by atoms with van der Waals surface area (Å²) in [6.07, 6.45) is 0. The summed E-state index contributed by atoms with van der Waals surface area (Å²) in [5.41, 5.74) is 0.432. The highest BCUT2D eigenvalue weighted by molar-refractivity contribution is 9.10. The lowest BCUT2D eigenvalue weighted by atomic mass is 10.2. The molecule has 1 N–H and O–H groups in total. The van der Waals surface area contributed by atoms with Gasteiger partial charge in [-0.3, -0.25) is 14.9 Å². The first-order valence-corrected chi connectivity index (χ1v) is 8.83. The summed E-state index contributed by atoms with van der Waals surface area (Å²) in [6, 6.07) is 4.18. The van der Waals surface area contributed by atoms with E-state index in [4.69, 9.17) is 0 Å². The Morgan fingerprint density at radius 3 is 2.71 bits per heavy atom. The van der Waals surface area contributed by atoms with E-state index in [0.717, 1.165) is 5.82 Å². The summed E-state index contributed by atoms with van der Waals surface area (Å²) < 4.78 is 2.32. The van der Waals surface area contributed by atoms with Crippen LogP contribution in [0.15, 0.2) is 27.8 Å². The minimum atomic E-state index is -0.493. The maximum atomic E-state index is 12.1. The molecule has 0 aliphatic rings. The third-order valence-electron chi connectivity index (χ3n) is 3.15. The van der Waals surface area contributed by atoms with Gasteiger partial charge in [0.1, 0.15) is 5.82 Å². The summed E-state index contributed by atoms with van der Waals surface area (Å²) in [6.45, 7) is 4.05. The molecule has 0 fully saturated rings. The van der Waals surface area contributed by atoms with Crippen LogP contribution in [0.1, 0.15) is 25.6 Å². The largest absolute Gasteiger partial charge is 0.324 e. The van der Waals surface area contributed by atoms with Crippen molar-refractivity contribution in [2.45, 2.75) is 24.9 Å². The first-order valence-electron chi connectivity index (χ1n) is 7.05. The number of carbonyl (C=O) groups is 1. The molecule has 10 heteroatoms. The normalized spacial score (nSPS) is 10.9. The third-order valence-corrected chi connectivity index (χ3v) is 4.83. The molecule has 24 heavy (non-hydrogen) atoms. The van der Waals surface area contributed by atoms with Gasteiger partial charge in [0.25, 0.3) is 5.69 Å². The predicted octanol–water partition coefficient (Wildman–Crippen LogP) is 3.34. The van der Waals surface area contributed by atoms with E-state index in [1.54, 1.807) is 0 Å². The number of non-ortho nitro benzene ring substituents is 1. The lowest BCUT2D eigenvalue weighted by Crippen LogP contribution is -2.15. The molecule has 0 saturated heterocycles. The second-order valence-corrected chi connectivity index (χ2v) is 7.11. The fourth-order valence-corrected chi connectivity index (χ4v) is 3.17. The van der Waals surface area contributed by atoms with E-state index in [0.29, 0.717) is 15.3 Å². The van der Waals surface area contributed by atoms with Crippen molar-refractivity contribution < 1.29 is 9.72 Å². The second kappa shape index (κ2) is 7.75. The van der Waals surface area contributed by atoms with Crippen LogP contribution in [0.25, 0.3) is 0 Å². The molecule has 2 aromatic rings. The lowest BCUT2D eigenvalue weighted by Gasteiger charge is -2.08. The van der Waals surface area contributed by atoms with Crippen molar-refractivity contribution in [1.29, 1.82) is 0 Å². The van der Waals surface area contributed by atoms with Crippen LogP contribution >= 0.6 is 27.7 Å². The zero-order valence-corrected chi connectivity index (χ0v) is 15.7. The Hall–Kier alpha value is -1.94. The number of hydrogen-bond acceptors (Lipinski definition) is 6. The Morgan fingerprint density at radius 1 is 1.46 bits per heavy atom. The number of amides is 1. The van der Waals surface area contributed by atoms with Crippen molar-refractivity contribution in [3.63, 3.8) is 0 Å². The Kier molecular flexibility index (Phi) is 5.94. The van der Waals surface area contributed by atoms with Crippen LogP contribution in [-0.2, 0) is 11.8 Å². The fraction of sp³-hybridized carbons (Fsp3) is 0.357. The van der Waals surface area contributed by atoms with Crippen molar-refractivity contribution in [3.05, 3.63) is 38.6 Å². The Bertz CT molecular complexity index is 778. The van der Waals surface area contributed by atoms with E-state index in [-0.39, 0.29) is 23.3 Å². The molecule has 0 aliphatic carbocycles. The van der Waals surface area contributed by atoms with E-state index in [9.17, 15) is 14.9 Å². The predicted molar refractivity (Wildman–Crippen MR) is 95.2 cm³/mol. The molecule has 0 radical (unpaired) electrons. The molecule has 8 nitrogen and oxygen atoms in total. The van der Waals surface area contributed by atoms with Crippen LogP contribution in [0.3, 0.4) is 0 Å². The van der Waals surface area contributed by atoms with Crippen LogP contribution in [0.5, 0.6) is 0 Å². The van der Waals surface area contributed by atoms with Crippen molar-refractivity contribution in [3.8, 4) is 0 Å². The molecule has 0 spiro atoms. The highest BCUT2D eigenvalue weighted by atomic mass is 79.9.